The fraction of sp³-hybridized carbons (Fsp3) is 0.600. The highest BCUT2D eigenvalue weighted by atomic mass is 16.5. The van der Waals surface area contributed by atoms with Crippen LogP contribution in [0.15, 0.2) is 18.2 Å². The molecule has 3 nitrogen and oxygen atoms in total. The Kier molecular flexibility index (Phi) is 3.27. The summed E-state index contributed by atoms with van der Waals surface area (Å²) in [5.41, 5.74) is 8.90. The number of aryl methyl sites for hydroxylation is 1. The van der Waals surface area contributed by atoms with Gasteiger partial charge in [-0.2, -0.15) is 0 Å². The normalized spacial score (nSPS) is 28.6. The molecule has 3 unspecified atom stereocenters. The van der Waals surface area contributed by atoms with Crippen LogP contribution in [0.5, 0.6) is 5.75 Å². The van der Waals surface area contributed by atoms with Gasteiger partial charge in [0.2, 0.25) is 0 Å². The van der Waals surface area contributed by atoms with E-state index in [1.54, 1.807) is 0 Å². The standard InChI is InChI=1S/C15H21NO2/c1-10-8-12(9-18-10)14(16)13-6-2-4-11-5-3-7-17-15(11)13/h2,4,6,10,12,14H,3,5,7-9,16H2,1H3. The summed E-state index contributed by atoms with van der Waals surface area (Å²) < 4.78 is 11.5. The Bertz CT molecular complexity index is 433. The molecule has 0 bridgehead atoms. The van der Waals surface area contributed by atoms with Gasteiger partial charge in [-0.3, -0.25) is 0 Å². The summed E-state index contributed by atoms with van der Waals surface area (Å²) in [7, 11) is 0. The van der Waals surface area contributed by atoms with E-state index in [2.05, 4.69) is 25.1 Å². The Morgan fingerprint density at radius 3 is 3.06 bits per heavy atom. The summed E-state index contributed by atoms with van der Waals surface area (Å²) in [5.74, 6) is 1.45. The first-order valence-corrected chi connectivity index (χ1v) is 6.87. The molecular weight excluding hydrogens is 226 g/mol. The van der Waals surface area contributed by atoms with Crippen LogP contribution in [0.2, 0.25) is 0 Å². The molecule has 3 rings (SSSR count). The second-order valence-corrected chi connectivity index (χ2v) is 5.45. The number of hydrogen-bond acceptors (Lipinski definition) is 3. The van der Waals surface area contributed by atoms with Crippen molar-refractivity contribution in [2.45, 2.75) is 38.3 Å². The van der Waals surface area contributed by atoms with Gasteiger partial charge in [-0.1, -0.05) is 18.2 Å². The second-order valence-electron chi connectivity index (χ2n) is 5.45. The lowest BCUT2D eigenvalue weighted by Crippen LogP contribution is -2.24. The molecule has 0 aliphatic carbocycles. The lowest BCUT2D eigenvalue weighted by molar-refractivity contribution is 0.118. The third-order valence-electron chi connectivity index (χ3n) is 4.06. The van der Waals surface area contributed by atoms with Crippen LogP contribution in [-0.2, 0) is 11.2 Å². The minimum Gasteiger partial charge on any atom is -0.493 e. The average molecular weight is 247 g/mol. The maximum absolute atomic E-state index is 6.43. The van der Waals surface area contributed by atoms with E-state index in [1.165, 1.54) is 5.56 Å². The first-order chi connectivity index (χ1) is 8.75. The van der Waals surface area contributed by atoms with Gasteiger partial charge in [-0.05, 0) is 31.7 Å². The van der Waals surface area contributed by atoms with Crippen molar-refractivity contribution in [3.05, 3.63) is 29.3 Å². The first kappa shape index (κ1) is 12.0. The van der Waals surface area contributed by atoms with Crippen LogP contribution >= 0.6 is 0 Å². The summed E-state index contributed by atoms with van der Waals surface area (Å²) >= 11 is 0. The molecule has 1 aromatic rings. The van der Waals surface area contributed by atoms with Crippen molar-refractivity contribution in [3.8, 4) is 5.75 Å². The summed E-state index contributed by atoms with van der Waals surface area (Å²) in [6, 6.07) is 6.39. The predicted octanol–water partition coefficient (Wildman–Crippen LogP) is 2.44. The molecule has 2 N–H and O–H groups in total. The van der Waals surface area contributed by atoms with Gasteiger partial charge in [0.1, 0.15) is 5.75 Å². The van der Waals surface area contributed by atoms with E-state index in [0.29, 0.717) is 12.0 Å². The van der Waals surface area contributed by atoms with Gasteiger partial charge in [0.25, 0.3) is 0 Å². The molecule has 3 atom stereocenters. The molecule has 0 radical (unpaired) electrons. The fourth-order valence-electron chi connectivity index (χ4n) is 3.03. The van der Waals surface area contributed by atoms with Crippen molar-refractivity contribution >= 4 is 0 Å². The van der Waals surface area contributed by atoms with Crippen molar-refractivity contribution in [3.63, 3.8) is 0 Å². The number of rotatable bonds is 2. The van der Waals surface area contributed by atoms with E-state index in [0.717, 1.165) is 43.8 Å². The van der Waals surface area contributed by atoms with Gasteiger partial charge >= 0.3 is 0 Å². The highest BCUT2D eigenvalue weighted by Crippen LogP contribution is 2.37. The van der Waals surface area contributed by atoms with E-state index in [4.69, 9.17) is 15.2 Å². The van der Waals surface area contributed by atoms with Crippen LogP contribution in [0.4, 0.5) is 0 Å². The van der Waals surface area contributed by atoms with Crippen LogP contribution in [-0.4, -0.2) is 19.3 Å². The van der Waals surface area contributed by atoms with Crippen LogP contribution in [0.3, 0.4) is 0 Å². The highest BCUT2D eigenvalue weighted by molar-refractivity contribution is 5.44. The fourth-order valence-corrected chi connectivity index (χ4v) is 3.03. The number of para-hydroxylation sites is 1. The van der Waals surface area contributed by atoms with E-state index >= 15 is 0 Å². The van der Waals surface area contributed by atoms with E-state index in [9.17, 15) is 0 Å². The molecule has 18 heavy (non-hydrogen) atoms. The monoisotopic (exact) mass is 247 g/mol. The van der Waals surface area contributed by atoms with Crippen molar-refractivity contribution < 1.29 is 9.47 Å². The lowest BCUT2D eigenvalue weighted by atomic mass is 9.89. The summed E-state index contributed by atoms with van der Waals surface area (Å²) in [6.45, 7) is 3.70. The smallest absolute Gasteiger partial charge is 0.127 e. The molecular formula is C15H21NO2. The zero-order valence-electron chi connectivity index (χ0n) is 10.9. The molecule has 1 aromatic carbocycles. The number of ether oxygens (including phenoxy) is 2. The largest absolute Gasteiger partial charge is 0.493 e. The van der Waals surface area contributed by atoms with Crippen molar-refractivity contribution in [2.75, 3.05) is 13.2 Å². The summed E-state index contributed by atoms with van der Waals surface area (Å²) in [6.07, 6.45) is 3.59. The molecule has 2 aliphatic rings. The summed E-state index contributed by atoms with van der Waals surface area (Å²) in [4.78, 5) is 0. The second kappa shape index (κ2) is 4.90. The van der Waals surface area contributed by atoms with Crippen molar-refractivity contribution in [1.82, 2.24) is 0 Å². The Morgan fingerprint density at radius 1 is 1.39 bits per heavy atom. The molecule has 2 heterocycles. The lowest BCUT2D eigenvalue weighted by Gasteiger charge is -2.25. The number of hydrogen-bond donors (Lipinski definition) is 1. The number of nitrogens with two attached hydrogens (primary N) is 1. The third-order valence-corrected chi connectivity index (χ3v) is 4.06. The summed E-state index contributed by atoms with van der Waals surface area (Å²) in [5, 5.41) is 0. The van der Waals surface area contributed by atoms with Crippen molar-refractivity contribution in [2.24, 2.45) is 11.7 Å². The quantitative estimate of drug-likeness (QED) is 0.873. The Balaban J connectivity index is 1.87. The maximum Gasteiger partial charge on any atom is 0.127 e. The molecule has 0 amide bonds. The number of benzene rings is 1. The van der Waals surface area contributed by atoms with Crippen LogP contribution in [0.25, 0.3) is 0 Å². The van der Waals surface area contributed by atoms with Crippen molar-refractivity contribution in [1.29, 1.82) is 0 Å². The average Bonchev–Trinajstić information content (AvgIpc) is 2.84. The van der Waals surface area contributed by atoms with Gasteiger partial charge in [0.15, 0.2) is 0 Å². The Morgan fingerprint density at radius 2 is 2.28 bits per heavy atom. The topological polar surface area (TPSA) is 44.5 Å². The minimum absolute atomic E-state index is 0.0306. The van der Waals surface area contributed by atoms with Gasteiger partial charge < -0.3 is 15.2 Å². The number of fused-ring (bicyclic) bond motifs is 1. The van der Waals surface area contributed by atoms with Crippen LogP contribution < -0.4 is 10.5 Å². The third kappa shape index (κ3) is 2.13. The highest BCUT2D eigenvalue weighted by Gasteiger charge is 2.30. The Labute approximate surface area is 108 Å². The molecule has 0 aromatic heterocycles. The molecule has 1 saturated heterocycles. The Hall–Kier alpha value is -1.06. The molecule has 98 valence electrons. The maximum atomic E-state index is 6.43. The molecule has 1 fully saturated rings. The molecule has 0 spiro atoms. The first-order valence-electron chi connectivity index (χ1n) is 6.87. The molecule has 3 heteroatoms. The molecule has 2 aliphatic heterocycles. The van der Waals surface area contributed by atoms with Gasteiger partial charge in [0, 0.05) is 17.5 Å². The van der Waals surface area contributed by atoms with Gasteiger partial charge in [-0.25, -0.2) is 0 Å². The van der Waals surface area contributed by atoms with Gasteiger partial charge in [0.05, 0.1) is 19.3 Å². The molecule has 0 saturated carbocycles. The van der Waals surface area contributed by atoms with E-state index < -0.39 is 0 Å². The SMILES string of the molecule is CC1CC(C(N)c2cccc3c2OCCC3)CO1. The zero-order valence-corrected chi connectivity index (χ0v) is 10.9. The van der Waals surface area contributed by atoms with Gasteiger partial charge in [-0.15, -0.1) is 0 Å². The zero-order chi connectivity index (χ0) is 12.5. The minimum atomic E-state index is 0.0306. The predicted molar refractivity (Wildman–Crippen MR) is 70.7 cm³/mol. The van der Waals surface area contributed by atoms with Crippen LogP contribution in [0, 0.1) is 5.92 Å². The van der Waals surface area contributed by atoms with E-state index in [-0.39, 0.29) is 6.04 Å². The van der Waals surface area contributed by atoms with E-state index in [1.807, 2.05) is 0 Å². The van der Waals surface area contributed by atoms with Crippen LogP contribution in [0.1, 0.15) is 36.9 Å².